The fourth-order valence-electron chi connectivity index (χ4n) is 0.954. The summed E-state index contributed by atoms with van der Waals surface area (Å²) in [5.41, 5.74) is 0.736. The Balaban J connectivity index is 2.51. The second-order valence-electron chi connectivity index (χ2n) is 2.84. The highest BCUT2D eigenvalue weighted by Crippen LogP contribution is 2.32. The van der Waals surface area contributed by atoms with Gasteiger partial charge in [-0.15, -0.1) is 0 Å². The van der Waals surface area contributed by atoms with E-state index < -0.39 is 5.97 Å². The van der Waals surface area contributed by atoms with Gasteiger partial charge in [0.2, 0.25) is 0 Å². The molecule has 0 saturated heterocycles. The first-order valence-corrected chi connectivity index (χ1v) is 6.50. The molecule has 0 aliphatic rings. The monoisotopic (exact) mass is 258 g/mol. The molecule has 6 heteroatoms. The number of carboxylic acid groups (broad SMARTS) is 1. The van der Waals surface area contributed by atoms with E-state index in [1.54, 1.807) is 24.3 Å². The van der Waals surface area contributed by atoms with Gasteiger partial charge in [0, 0.05) is 15.7 Å². The molecule has 86 valence electrons. The Bertz CT molecular complexity index is 375. The van der Waals surface area contributed by atoms with E-state index in [2.05, 4.69) is 4.74 Å². The van der Waals surface area contributed by atoms with E-state index in [1.165, 1.54) is 17.9 Å². The molecule has 0 aromatic heterocycles. The van der Waals surface area contributed by atoms with Crippen LogP contribution < -0.4 is 0 Å². The first kappa shape index (κ1) is 12.9. The van der Waals surface area contributed by atoms with Gasteiger partial charge in [-0.1, -0.05) is 12.1 Å². The third kappa shape index (κ3) is 4.59. The average molecular weight is 258 g/mol. The molecule has 0 unspecified atom stereocenters. The van der Waals surface area contributed by atoms with Gasteiger partial charge >= 0.3 is 11.3 Å². The molecule has 0 aliphatic carbocycles. The number of methoxy groups -OCH3 is 1. The summed E-state index contributed by atoms with van der Waals surface area (Å²) in [7, 11) is 3.59. The van der Waals surface area contributed by atoms with Crippen molar-refractivity contribution in [3.8, 4) is 0 Å². The molecule has 1 N–H and O–H groups in total. The summed E-state index contributed by atoms with van der Waals surface area (Å²) in [6.07, 6.45) is 0.00902. The van der Waals surface area contributed by atoms with Crippen LogP contribution in [-0.4, -0.2) is 23.5 Å². The van der Waals surface area contributed by atoms with Crippen LogP contribution in [0.25, 0.3) is 0 Å². The molecule has 0 atom stereocenters. The fourth-order valence-corrected chi connectivity index (χ4v) is 2.46. The van der Waals surface area contributed by atoms with Crippen molar-refractivity contribution in [2.45, 2.75) is 11.3 Å². The number of carbonyl (C=O) groups excluding carboxylic acids is 1. The summed E-state index contributed by atoms with van der Waals surface area (Å²) in [6, 6.07) is 7.01. The number of carboxylic acids is 1. The molecule has 4 nitrogen and oxygen atoms in total. The quantitative estimate of drug-likeness (QED) is 0.662. The van der Waals surface area contributed by atoms with Crippen molar-refractivity contribution in [3.05, 3.63) is 29.8 Å². The minimum atomic E-state index is -0.857. The third-order valence-electron chi connectivity index (χ3n) is 1.65. The van der Waals surface area contributed by atoms with Gasteiger partial charge in [-0.25, -0.2) is 4.79 Å². The van der Waals surface area contributed by atoms with E-state index >= 15 is 0 Å². The van der Waals surface area contributed by atoms with E-state index in [0.717, 1.165) is 21.3 Å². The molecule has 0 fully saturated rings. The van der Waals surface area contributed by atoms with Crippen LogP contribution >= 0.6 is 21.6 Å². The maximum absolute atomic E-state index is 10.8. The Kier molecular flexibility index (Phi) is 5.21. The molecule has 1 aromatic rings. The zero-order valence-corrected chi connectivity index (χ0v) is 10.1. The average Bonchev–Trinajstić information content (AvgIpc) is 2.27. The van der Waals surface area contributed by atoms with Crippen molar-refractivity contribution in [2.24, 2.45) is 0 Å². The van der Waals surface area contributed by atoms with Crippen molar-refractivity contribution < 1.29 is 19.4 Å². The van der Waals surface area contributed by atoms with E-state index in [-0.39, 0.29) is 11.7 Å². The Morgan fingerprint density at radius 1 is 1.31 bits per heavy atom. The van der Waals surface area contributed by atoms with Gasteiger partial charge in [0.25, 0.3) is 0 Å². The third-order valence-corrected chi connectivity index (χ3v) is 3.74. The highest BCUT2D eigenvalue weighted by molar-refractivity contribution is 8.82. The number of rotatable bonds is 4. The highest BCUT2D eigenvalue weighted by Gasteiger charge is 2.04. The van der Waals surface area contributed by atoms with Gasteiger partial charge in [-0.3, -0.25) is 4.79 Å². The Hall–Kier alpha value is -1.14. The Morgan fingerprint density at radius 3 is 2.44 bits per heavy atom. The smallest absolute Gasteiger partial charge is 0.378 e. The van der Waals surface area contributed by atoms with Crippen LogP contribution in [0, 0.1) is 0 Å². The van der Waals surface area contributed by atoms with Crippen LogP contribution in [0.4, 0.5) is 4.79 Å². The van der Waals surface area contributed by atoms with Crippen molar-refractivity contribution in [2.75, 3.05) is 7.11 Å². The lowest BCUT2D eigenvalue weighted by Gasteiger charge is -2.00. The first-order chi connectivity index (χ1) is 7.61. The molecule has 0 saturated carbocycles. The van der Waals surface area contributed by atoms with E-state index in [9.17, 15) is 9.59 Å². The number of hydrogen-bond acceptors (Lipinski definition) is 5. The molecule has 0 amide bonds. The molecule has 0 heterocycles. The largest absolute Gasteiger partial charge is 0.481 e. The van der Waals surface area contributed by atoms with Crippen LogP contribution in [0.2, 0.25) is 0 Å². The second-order valence-corrected chi connectivity index (χ2v) is 4.97. The van der Waals surface area contributed by atoms with Crippen molar-refractivity contribution >= 4 is 32.9 Å². The van der Waals surface area contributed by atoms with Crippen molar-refractivity contribution in [1.82, 2.24) is 0 Å². The van der Waals surface area contributed by atoms with E-state index in [0.29, 0.717) is 0 Å². The van der Waals surface area contributed by atoms with Crippen LogP contribution in [0.15, 0.2) is 29.2 Å². The number of aliphatic carboxylic acids is 1. The Morgan fingerprint density at radius 2 is 1.94 bits per heavy atom. The summed E-state index contributed by atoms with van der Waals surface area (Å²) in [6.45, 7) is 0. The first-order valence-electron chi connectivity index (χ1n) is 4.35. The summed E-state index contributed by atoms with van der Waals surface area (Å²) >= 11 is 0. The van der Waals surface area contributed by atoms with Gasteiger partial charge in [0.05, 0.1) is 13.5 Å². The maximum atomic E-state index is 10.8. The molecule has 0 spiro atoms. The predicted octanol–water partition coefficient (Wildman–Crippen LogP) is 2.82. The molecular weight excluding hydrogens is 248 g/mol. The molecule has 0 bridgehead atoms. The second kappa shape index (κ2) is 6.44. The normalized spacial score (nSPS) is 9.81. The number of hydrogen-bond donors (Lipinski definition) is 1. The summed E-state index contributed by atoms with van der Waals surface area (Å²) in [5.74, 6) is -0.857. The van der Waals surface area contributed by atoms with Crippen LogP contribution in [-0.2, 0) is 16.0 Å². The number of carbonyl (C=O) groups is 2. The van der Waals surface area contributed by atoms with Gasteiger partial charge < -0.3 is 9.84 Å². The molecular formula is C10H10O4S2. The van der Waals surface area contributed by atoms with Crippen molar-refractivity contribution in [1.29, 1.82) is 0 Å². The summed E-state index contributed by atoms with van der Waals surface area (Å²) in [5, 5.41) is 8.21. The number of benzene rings is 1. The van der Waals surface area contributed by atoms with Crippen LogP contribution in [0.5, 0.6) is 0 Å². The van der Waals surface area contributed by atoms with Gasteiger partial charge in [-0.05, 0) is 28.5 Å². The zero-order chi connectivity index (χ0) is 12.0. The lowest BCUT2D eigenvalue weighted by Crippen LogP contribution is -1.99. The van der Waals surface area contributed by atoms with Crippen LogP contribution in [0.1, 0.15) is 5.56 Å². The molecule has 16 heavy (non-hydrogen) atoms. The minimum Gasteiger partial charge on any atom is -0.481 e. The SMILES string of the molecule is COC(=O)SSc1ccc(CC(=O)O)cc1. The lowest BCUT2D eigenvalue weighted by atomic mass is 10.2. The summed E-state index contributed by atoms with van der Waals surface area (Å²) in [4.78, 5) is 22.2. The topological polar surface area (TPSA) is 63.6 Å². The van der Waals surface area contributed by atoms with Crippen molar-refractivity contribution in [3.63, 3.8) is 0 Å². The lowest BCUT2D eigenvalue weighted by molar-refractivity contribution is -0.136. The maximum Gasteiger partial charge on any atom is 0.378 e. The zero-order valence-electron chi connectivity index (χ0n) is 8.50. The molecule has 0 radical (unpaired) electrons. The minimum absolute atomic E-state index is 0.00902. The van der Waals surface area contributed by atoms with E-state index in [1.807, 2.05) is 0 Å². The van der Waals surface area contributed by atoms with Gasteiger partial charge in [-0.2, -0.15) is 0 Å². The predicted molar refractivity (Wildman–Crippen MR) is 63.6 cm³/mol. The molecule has 1 rings (SSSR count). The highest BCUT2D eigenvalue weighted by atomic mass is 33.1. The fraction of sp³-hybridized carbons (Fsp3) is 0.200. The van der Waals surface area contributed by atoms with E-state index in [4.69, 9.17) is 5.11 Å². The molecule has 0 aliphatic heterocycles. The van der Waals surface area contributed by atoms with Gasteiger partial charge in [0.1, 0.15) is 0 Å². The van der Waals surface area contributed by atoms with Crippen LogP contribution in [0.3, 0.4) is 0 Å². The summed E-state index contributed by atoms with van der Waals surface area (Å²) < 4.78 is 4.47. The number of ether oxygens (including phenoxy) is 1. The Labute approximate surface area is 101 Å². The van der Waals surface area contributed by atoms with Gasteiger partial charge in [0.15, 0.2) is 0 Å². The molecule has 1 aromatic carbocycles. The standard InChI is InChI=1S/C10H10O4S2/c1-14-10(13)16-15-8-4-2-7(3-5-8)6-9(11)12/h2-5H,6H2,1H3,(H,11,12).